The van der Waals surface area contributed by atoms with E-state index < -0.39 is 17.8 Å². The van der Waals surface area contributed by atoms with Crippen LogP contribution in [0.5, 0.6) is 5.75 Å². The SMILES string of the molecule is COC(=O)c1cccc(C(=O)NC(=S)NNC(=O)COc2ccc(-c3ccccc3)cc2)c1. The number of carbonyl (C=O) groups excluding carboxylic acids is 3. The van der Waals surface area contributed by atoms with Crippen molar-refractivity contribution in [1.82, 2.24) is 16.2 Å². The van der Waals surface area contributed by atoms with Crippen molar-refractivity contribution < 1.29 is 23.9 Å². The first-order valence-electron chi connectivity index (χ1n) is 9.83. The number of carbonyl (C=O) groups is 3. The van der Waals surface area contributed by atoms with Crippen LogP contribution in [0.25, 0.3) is 11.1 Å². The number of rotatable bonds is 6. The number of hydrazine groups is 1. The number of thiocarbonyl (C=S) groups is 1. The van der Waals surface area contributed by atoms with Crippen molar-refractivity contribution >= 4 is 35.1 Å². The number of esters is 1. The quantitative estimate of drug-likeness (QED) is 0.293. The van der Waals surface area contributed by atoms with Crippen molar-refractivity contribution in [3.05, 3.63) is 90.0 Å². The third-order valence-electron chi connectivity index (χ3n) is 4.42. The van der Waals surface area contributed by atoms with Crippen LogP contribution in [-0.2, 0) is 9.53 Å². The van der Waals surface area contributed by atoms with Crippen molar-refractivity contribution in [2.24, 2.45) is 0 Å². The molecule has 0 aliphatic rings. The Morgan fingerprint density at radius 3 is 2.18 bits per heavy atom. The number of hydrogen-bond donors (Lipinski definition) is 3. The number of amides is 2. The van der Waals surface area contributed by atoms with Gasteiger partial charge in [-0.05, 0) is 53.7 Å². The molecule has 0 bridgehead atoms. The fourth-order valence-electron chi connectivity index (χ4n) is 2.80. The normalized spacial score (nSPS) is 9.97. The van der Waals surface area contributed by atoms with Crippen LogP contribution >= 0.6 is 12.2 Å². The Hall–Kier alpha value is -4.24. The van der Waals surface area contributed by atoms with Gasteiger partial charge in [-0.3, -0.25) is 25.8 Å². The lowest BCUT2D eigenvalue weighted by Gasteiger charge is -2.12. The highest BCUT2D eigenvalue weighted by Crippen LogP contribution is 2.21. The van der Waals surface area contributed by atoms with Crippen LogP contribution in [0.4, 0.5) is 0 Å². The second-order valence-corrected chi connectivity index (χ2v) is 7.12. The first-order chi connectivity index (χ1) is 16.0. The molecule has 0 aliphatic heterocycles. The van der Waals surface area contributed by atoms with Crippen molar-refractivity contribution in [3.8, 4) is 16.9 Å². The van der Waals surface area contributed by atoms with Gasteiger partial charge < -0.3 is 9.47 Å². The molecule has 3 N–H and O–H groups in total. The Balaban J connectivity index is 1.43. The van der Waals surface area contributed by atoms with Gasteiger partial charge in [0, 0.05) is 5.56 Å². The molecule has 8 nitrogen and oxygen atoms in total. The molecule has 0 aliphatic carbocycles. The first kappa shape index (κ1) is 23.4. The molecule has 0 radical (unpaired) electrons. The van der Waals surface area contributed by atoms with Gasteiger partial charge in [-0.2, -0.15) is 0 Å². The summed E-state index contributed by atoms with van der Waals surface area (Å²) in [6.45, 7) is -0.255. The van der Waals surface area contributed by atoms with E-state index in [-0.39, 0.29) is 22.8 Å². The zero-order valence-electron chi connectivity index (χ0n) is 17.7. The van der Waals surface area contributed by atoms with Gasteiger partial charge in [0.2, 0.25) is 0 Å². The van der Waals surface area contributed by atoms with Crippen LogP contribution in [0.1, 0.15) is 20.7 Å². The predicted octanol–water partition coefficient (Wildman–Crippen LogP) is 2.85. The van der Waals surface area contributed by atoms with Gasteiger partial charge in [-0.25, -0.2) is 4.79 Å². The number of benzene rings is 3. The highest BCUT2D eigenvalue weighted by atomic mass is 32.1. The lowest BCUT2D eigenvalue weighted by atomic mass is 10.1. The van der Waals surface area contributed by atoms with Crippen molar-refractivity contribution in [1.29, 1.82) is 0 Å². The van der Waals surface area contributed by atoms with Gasteiger partial charge in [0.25, 0.3) is 11.8 Å². The summed E-state index contributed by atoms with van der Waals surface area (Å²) in [5.74, 6) is -1.08. The maximum absolute atomic E-state index is 12.3. The van der Waals surface area contributed by atoms with Crippen LogP contribution in [0.15, 0.2) is 78.9 Å². The van der Waals surface area contributed by atoms with Gasteiger partial charge in [-0.1, -0.05) is 48.5 Å². The summed E-state index contributed by atoms with van der Waals surface area (Å²) in [5, 5.41) is 2.28. The number of hydrogen-bond acceptors (Lipinski definition) is 6. The summed E-state index contributed by atoms with van der Waals surface area (Å²) in [6.07, 6.45) is 0. The predicted molar refractivity (Wildman–Crippen MR) is 126 cm³/mol. The number of nitrogens with one attached hydrogen (secondary N) is 3. The molecule has 9 heteroatoms. The molecule has 0 aromatic heterocycles. The average molecular weight is 464 g/mol. The molecule has 0 atom stereocenters. The Morgan fingerprint density at radius 2 is 1.48 bits per heavy atom. The smallest absolute Gasteiger partial charge is 0.337 e. The summed E-state index contributed by atoms with van der Waals surface area (Å²) >= 11 is 5.00. The fraction of sp³-hybridized carbons (Fsp3) is 0.0833. The van der Waals surface area contributed by atoms with E-state index in [1.165, 1.54) is 25.3 Å². The molecular formula is C24H21N3O5S. The number of methoxy groups -OCH3 is 1. The van der Waals surface area contributed by atoms with E-state index in [1.807, 2.05) is 42.5 Å². The largest absolute Gasteiger partial charge is 0.484 e. The minimum absolute atomic E-state index is 0.121. The highest BCUT2D eigenvalue weighted by Gasteiger charge is 2.12. The Morgan fingerprint density at radius 1 is 0.818 bits per heavy atom. The zero-order chi connectivity index (χ0) is 23.6. The van der Waals surface area contributed by atoms with Crippen LogP contribution in [0.2, 0.25) is 0 Å². The van der Waals surface area contributed by atoms with Crippen LogP contribution in [0.3, 0.4) is 0 Å². The molecular weight excluding hydrogens is 442 g/mol. The van der Waals surface area contributed by atoms with E-state index in [0.717, 1.165) is 11.1 Å². The minimum Gasteiger partial charge on any atom is -0.484 e. The summed E-state index contributed by atoms with van der Waals surface area (Å²) in [6, 6.07) is 23.2. The third-order valence-corrected chi connectivity index (χ3v) is 4.62. The van der Waals surface area contributed by atoms with E-state index in [2.05, 4.69) is 20.9 Å². The van der Waals surface area contributed by atoms with E-state index >= 15 is 0 Å². The number of ether oxygens (including phenoxy) is 2. The summed E-state index contributed by atoms with van der Waals surface area (Å²) in [7, 11) is 1.25. The average Bonchev–Trinajstić information content (AvgIpc) is 2.86. The molecule has 0 saturated carbocycles. The lowest BCUT2D eigenvalue weighted by molar-refractivity contribution is -0.123. The van der Waals surface area contributed by atoms with E-state index in [0.29, 0.717) is 5.75 Å². The zero-order valence-corrected chi connectivity index (χ0v) is 18.5. The fourth-order valence-corrected chi connectivity index (χ4v) is 2.94. The lowest BCUT2D eigenvalue weighted by Crippen LogP contribution is -2.49. The van der Waals surface area contributed by atoms with Crippen molar-refractivity contribution in [3.63, 3.8) is 0 Å². The van der Waals surface area contributed by atoms with Crippen molar-refractivity contribution in [2.75, 3.05) is 13.7 Å². The van der Waals surface area contributed by atoms with E-state index in [1.54, 1.807) is 18.2 Å². The van der Waals surface area contributed by atoms with Gasteiger partial charge in [-0.15, -0.1) is 0 Å². The van der Waals surface area contributed by atoms with E-state index in [4.69, 9.17) is 17.0 Å². The molecule has 0 unspecified atom stereocenters. The Kier molecular flexibility index (Phi) is 8.09. The molecule has 0 heterocycles. The molecule has 0 saturated heterocycles. The van der Waals surface area contributed by atoms with E-state index in [9.17, 15) is 14.4 Å². The molecule has 0 spiro atoms. The molecule has 33 heavy (non-hydrogen) atoms. The van der Waals surface area contributed by atoms with Crippen molar-refractivity contribution in [2.45, 2.75) is 0 Å². The van der Waals surface area contributed by atoms with Gasteiger partial charge >= 0.3 is 5.97 Å². The van der Waals surface area contributed by atoms with Gasteiger partial charge in [0.1, 0.15) is 5.75 Å². The standard InChI is InChI=1S/C24H21N3O5S/c1-31-23(30)19-9-5-8-18(14-19)22(29)25-24(33)27-26-21(28)15-32-20-12-10-17(11-13-20)16-6-3-2-4-7-16/h2-14H,15H2,1H3,(H,26,28)(H2,25,27,29,33). The van der Waals surface area contributed by atoms with Crippen LogP contribution in [0, 0.1) is 0 Å². The Bertz CT molecular complexity index is 1150. The topological polar surface area (TPSA) is 106 Å². The first-order valence-corrected chi connectivity index (χ1v) is 10.2. The second-order valence-electron chi connectivity index (χ2n) is 6.71. The molecule has 168 valence electrons. The second kappa shape index (κ2) is 11.4. The molecule has 3 rings (SSSR count). The molecule has 3 aromatic carbocycles. The highest BCUT2D eigenvalue weighted by molar-refractivity contribution is 7.80. The third kappa shape index (κ3) is 6.88. The monoisotopic (exact) mass is 463 g/mol. The minimum atomic E-state index is -0.563. The maximum atomic E-state index is 12.3. The van der Waals surface area contributed by atoms with Crippen LogP contribution in [-0.4, -0.2) is 36.6 Å². The summed E-state index contributed by atoms with van der Waals surface area (Å²) < 4.78 is 10.1. The molecule has 3 aromatic rings. The summed E-state index contributed by atoms with van der Waals surface area (Å²) in [5.41, 5.74) is 7.32. The van der Waals surface area contributed by atoms with Gasteiger partial charge in [0.05, 0.1) is 12.7 Å². The molecule has 0 fully saturated rings. The molecule has 2 amide bonds. The van der Waals surface area contributed by atoms with Crippen LogP contribution < -0.4 is 20.9 Å². The Labute approximate surface area is 195 Å². The maximum Gasteiger partial charge on any atom is 0.337 e. The van der Waals surface area contributed by atoms with Gasteiger partial charge in [0.15, 0.2) is 11.7 Å². The summed E-state index contributed by atoms with van der Waals surface area (Å²) in [4.78, 5) is 35.9.